The van der Waals surface area contributed by atoms with Crippen molar-refractivity contribution >= 4 is 29.1 Å². The van der Waals surface area contributed by atoms with Gasteiger partial charge in [0.25, 0.3) is 0 Å². The third-order valence-electron chi connectivity index (χ3n) is 4.20. The molecule has 2 rings (SSSR count). The average Bonchev–Trinajstić information content (AvgIpc) is 3.06. The summed E-state index contributed by atoms with van der Waals surface area (Å²) < 4.78 is 0. The summed E-state index contributed by atoms with van der Waals surface area (Å²) in [6.45, 7) is 9.39. The number of nitrogens with zero attached hydrogens (tertiary/aromatic N) is 2. The van der Waals surface area contributed by atoms with Gasteiger partial charge in [0.15, 0.2) is 0 Å². The van der Waals surface area contributed by atoms with Gasteiger partial charge < -0.3 is 15.1 Å². The molecule has 1 fully saturated rings. The Hall–Kier alpha value is -1.89. The van der Waals surface area contributed by atoms with E-state index >= 15 is 0 Å². The van der Waals surface area contributed by atoms with Crippen molar-refractivity contribution in [2.24, 2.45) is 5.41 Å². The van der Waals surface area contributed by atoms with Crippen molar-refractivity contribution in [2.75, 3.05) is 26.2 Å². The topological polar surface area (TPSA) is 69.7 Å². The second kappa shape index (κ2) is 7.99. The number of piperazine rings is 1. The minimum absolute atomic E-state index is 0.00927. The van der Waals surface area contributed by atoms with Crippen molar-refractivity contribution in [1.82, 2.24) is 15.1 Å². The summed E-state index contributed by atoms with van der Waals surface area (Å²) in [7, 11) is 0. The van der Waals surface area contributed by atoms with Gasteiger partial charge in [-0.05, 0) is 11.4 Å². The van der Waals surface area contributed by atoms with E-state index in [0.29, 0.717) is 26.2 Å². The van der Waals surface area contributed by atoms with E-state index < -0.39 is 5.41 Å². The van der Waals surface area contributed by atoms with Crippen molar-refractivity contribution in [3.05, 3.63) is 22.4 Å². The molecule has 2 heterocycles. The molecule has 1 atom stereocenters. The van der Waals surface area contributed by atoms with Crippen LogP contribution in [-0.4, -0.2) is 53.7 Å². The van der Waals surface area contributed by atoms with E-state index in [1.165, 1.54) is 18.3 Å². The molecule has 0 bridgehead atoms. The molecular formula is C18H27N3O3S. The molecule has 0 aliphatic carbocycles. The first kappa shape index (κ1) is 19.4. The molecule has 1 aliphatic heterocycles. The Morgan fingerprint density at radius 2 is 1.76 bits per heavy atom. The van der Waals surface area contributed by atoms with Gasteiger partial charge in [-0.1, -0.05) is 26.8 Å². The molecule has 7 heteroatoms. The Labute approximate surface area is 153 Å². The first-order valence-electron chi connectivity index (χ1n) is 8.56. The van der Waals surface area contributed by atoms with E-state index in [1.54, 1.807) is 4.90 Å². The summed E-state index contributed by atoms with van der Waals surface area (Å²) in [4.78, 5) is 41.0. The summed E-state index contributed by atoms with van der Waals surface area (Å²) in [5.74, 6) is -0.0175. The number of hydrogen-bond acceptors (Lipinski definition) is 4. The van der Waals surface area contributed by atoms with Crippen molar-refractivity contribution in [3.63, 3.8) is 0 Å². The van der Waals surface area contributed by atoms with Crippen molar-refractivity contribution < 1.29 is 14.4 Å². The van der Waals surface area contributed by atoms with Crippen LogP contribution in [0, 0.1) is 5.41 Å². The van der Waals surface area contributed by atoms with Gasteiger partial charge in [-0.2, -0.15) is 0 Å². The third kappa shape index (κ3) is 5.29. The maximum absolute atomic E-state index is 12.6. The highest BCUT2D eigenvalue weighted by Gasteiger charge is 2.31. The fraction of sp³-hybridized carbons (Fsp3) is 0.611. The zero-order chi connectivity index (χ0) is 18.6. The molecular weight excluding hydrogens is 338 g/mol. The lowest BCUT2D eigenvalue weighted by Crippen LogP contribution is -2.53. The van der Waals surface area contributed by atoms with Crippen LogP contribution in [0.1, 0.15) is 45.0 Å². The quantitative estimate of drug-likeness (QED) is 0.888. The van der Waals surface area contributed by atoms with Crippen molar-refractivity contribution in [2.45, 2.75) is 40.2 Å². The minimum atomic E-state index is -0.401. The normalized spacial score (nSPS) is 16.5. The van der Waals surface area contributed by atoms with Crippen molar-refractivity contribution in [1.29, 1.82) is 0 Å². The van der Waals surface area contributed by atoms with E-state index in [0.717, 1.165) is 4.88 Å². The van der Waals surface area contributed by atoms with Gasteiger partial charge in [-0.25, -0.2) is 0 Å². The van der Waals surface area contributed by atoms with E-state index in [1.807, 2.05) is 43.2 Å². The van der Waals surface area contributed by atoms with Gasteiger partial charge in [-0.3, -0.25) is 14.4 Å². The molecule has 0 aromatic carbocycles. The lowest BCUT2D eigenvalue weighted by molar-refractivity contribution is -0.145. The molecule has 1 aromatic rings. The Kier molecular flexibility index (Phi) is 6.21. The predicted octanol–water partition coefficient (Wildman–Crippen LogP) is 2.03. The SMILES string of the molecule is CC(=O)NC(CC(=O)N1CCN(C(=O)C(C)(C)C)CC1)c1cccs1. The summed E-state index contributed by atoms with van der Waals surface area (Å²) in [6, 6.07) is 3.55. The second-order valence-corrected chi connectivity index (χ2v) is 8.37. The number of thiophene rings is 1. The monoisotopic (exact) mass is 365 g/mol. The Morgan fingerprint density at radius 3 is 2.24 bits per heavy atom. The number of nitrogens with one attached hydrogen (secondary N) is 1. The van der Waals surface area contributed by atoms with Crippen LogP contribution < -0.4 is 5.32 Å². The highest BCUT2D eigenvalue weighted by atomic mass is 32.1. The molecule has 1 aromatic heterocycles. The standard InChI is InChI=1S/C18H27N3O3S/c1-13(22)19-14(15-6-5-11-25-15)12-16(23)20-7-9-21(10-8-20)17(24)18(2,3)4/h5-6,11,14H,7-10,12H2,1-4H3,(H,19,22). The second-order valence-electron chi connectivity index (χ2n) is 7.40. The molecule has 3 amide bonds. The van der Waals surface area contributed by atoms with Gasteiger partial charge in [-0.15, -0.1) is 11.3 Å². The largest absolute Gasteiger partial charge is 0.348 e. The molecule has 1 N–H and O–H groups in total. The highest BCUT2D eigenvalue weighted by molar-refractivity contribution is 7.10. The summed E-state index contributed by atoms with van der Waals surface area (Å²) in [6.07, 6.45) is 0.243. The molecule has 1 saturated heterocycles. The summed E-state index contributed by atoms with van der Waals surface area (Å²) >= 11 is 1.53. The van der Waals surface area contributed by atoms with Gasteiger partial charge in [0.05, 0.1) is 12.5 Å². The van der Waals surface area contributed by atoms with Crippen LogP contribution in [0.3, 0.4) is 0 Å². The van der Waals surface area contributed by atoms with Crippen LogP contribution in [0.25, 0.3) is 0 Å². The average molecular weight is 365 g/mol. The fourth-order valence-corrected chi connectivity index (χ4v) is 3.67. The Bertz CT molecular complexity index is 614. The molecule has 0 radical (unpaired) electrons. The van der Waals surface area contributed by atoms with Crippen LogP contribution in [0.4, 0.5) is 0 Å². The molecule has 138 valence electrons. The van der Waals surface area contributed by atoms with Gasteiger partial charge >= 0.3 is 0 Å². The molecule has 6 nitrogen and oxygen atoms in total. The van der Waals surface area contributed by atoms with E-state index in [4.69, 9.17) is 0 Å². The van der Waals surface area contributed by atoms with Crippen molar-refractivity contribution in [3.8, 4) is 0 Å². The molecule has 25 heavy (non-hydrogen) atoms. The number of amides is 3. The lowest BCUT2D eigenvalue weighted by atomic mass is 9.94. The predicted molar refractivity (Wildman–Crippen MR) is 98.1 cm³/mol. The number of rotatable bonds is 4. The lowest BCUT2D eigenvalue weighted by Gasteiger charge is -2.38. The van der Waals surface area contributed by atoms with Crippen LogP contribution in [0.2, 0.25) is 0 Å². The number of carbonyl (C=O) groups is 3. The maximum atomic E-state index is 12.6. The molecule has 1 unspecified atom stereocenters. The van der Waals surface area contributed by atoms with Crippen LogP contribution in [0.5, 0.6) is 0 Å². The highest BCUT2D eigenvalue weighted by Crippen LogP contribution is 2.24. The molecule has 0 saturated carbocycles. The molecule has 1 aliphatic rings. The fourth-order valence-electron chi connectivity index (χ4n) is 2.89. The number of carbonyl (C=O) groups excluding carboxylic acids is 3. The Balaban J connectivity index is 1.93. The maximum Gasteiger partial charge on any atom is 0.228 e. The number of hydrogen-bond donors (Lipinski definition) is 1. The van der Waals surface area contributed by atoms with E-state index in [9.17, 15) is 14.4 Å². The third-order valence-corrected chi connectivity index (χ3v) is 5.19. The summed E-state index contributed by atoms with van der Waals surface area (Å²) in [5, 5.41) is 4.79. The van der Waals surface area contributed by atoms with Gasteiger partial charge in [0.1, 0.15) is 0 Å². The molecule has 0 spiro atoms. The van der Waals surface area contributed by atoms with E-state index in [2.05, 4.69) is 5.32 Å². The zero-order valence-corrected chi connectivity index (χ0v) is 16.2. The van der Waals surface area contributed by atoms with E-state index in [-0.39, 0.29) is 30.2 Å². The van der Waals surface area contributed by atoms with Gasteiger partial charge in [0.2, 0.25) is 17.7 Å². The minimum Gasteiger partial charge on any atom is -0.348 e. The summed E-state index contributed by atoms with van der Waals surface area (Å²) in [5.41, 5.74) is -0.401. The van der Waals surface area contributed by atoms with Crippen LogP contribution in [-0.2, 0) is 14.4 Å². The smallest absolute Gasteiger partial charge is 0.228 e. The Morgan fingerprint density at radius 1 is 1.16 bits per heavy atom. The zero-order valence-electron chi connectivity index (χ0n) is 15.4. The van der Waals surface area contributed by atoms with Crippen LogP contribution in [0.15, 0.2) is 17.5 Å². The first-order valence-corrected chi connectivity index (χ1v) is 9.44. The van der Waals surface area contributed by atoms with Crippen LogP contribution >= 0.6 is 11.3 Å². The van der Waals surface area contributed by atoms with Gasteiger partial charge in [0, 0.05) is 43.4 Å². The first-order chi connectivity index (χ1) is 11.7.